The molecule has 0 atom stereocenters. The minimum absolute atomic E-state index is 0.00146. The summed E-state index contributed by atoms with van der Waals surface area (Å²) in [6, 6.07) is 12.6. The molecule has 1 aliphatic rings. The zero-order valence-electron chi connectivity index (χ0n) is 16.8. The fourth-order valence-electron chi connectivity index (χ4n) is 3.83. The molecule has 4 aromatic rings. The Bertz CT molecular complexity index is 1270. The highest BCUT2D eigenvalue weighted by molar-refractivity contribution is 7.17. The summed E-state index contributed by atoms with van der Waals surface area (Å²) < 4.78 is 6.85. The van der Waals surface area contributed by atoms with Crippen molar-refractivity contribution in [3.63, 3.8) is 0 Å². The van der Waals surface area contributed by atoms with E-state index in [0.29, 0.717) is 27.4 Å². The maximum Gasteiger partial charge on any atom is 0.257 e. The van der Waals surface area contributed by atoms with Crippen LogP contribution in [0.25, 0.3) is 21.4 Å². The van der Waals surface area contributed by atoms with Crippen molar-refractivity contribution in [2.45, 2.75) is 19.3 Å². The normalized spacial score (nSPS) is 14.0. The van der Waals surface area contributed by atoms with Crippen LogP contribution in [0, 0.1) is 0 Å². The van der Waals surface area contributed by atoms with E-state index in [-0.39, 0.29) is 11.3 Å². The van der Waals surface area contributed by atoms with Crippen molar-refractivity contribution in [3.8, 4) is 11.1 Å². The van der Waals surface area contributed by atoms with Gasteiger partial charge in [0.05, 0.1) is 5.56 Å². The second-order valence-corrected chi connectivity index (χ2v) is 8.46. The summed E-state index contributed by atoms with van der Waals surface area (Å²) >= 11 is 1.40. The second kappa shape index (κ2) is 8.35. The van der Waals surface area contributed by atoms with Gasteiger partial charge in [-0.15, -0.1) is 11.3 Å². The Morgan fingerprint density at radius 1 is 1.10 bits per heavy atom. The summed E-state index contributed by atoms with van der Waals surface area (Å²) in [6.07, 6.45) is 6.61. The Morgan fingerprint density at radius 3 is 2.65 bits per heavy atom. The van der Waals surface area contributed by atoms with Crippen LogP contribution in [0.4, 0.5) is 11.6 Å². The number of benzene rings is 1. The molecule has 1 fully saturated rings. The van der Waals surface area contributed by atoms with Crippen molar-refractivity contribution in [2.75, 3.05) is 23.3 Å². The molecule has 4 heterocycles. The fraction of sp³-hybridized carbons (Fsp3) is 0.208. The minimum atomic E-state index is -0.209. The third-order valence-electron chi connectivity index (χ3n) is 5.48. The van der Waals surface area contributed by atoms with Crippen LogP contribution in [0.3, 0.4) is 0 Å². The number of carbonyl (C=O) groups excluding carboxylic acids is 1. The molecule has 1 aliphatic heterocycles. The minimum Gasteiger partial charge on any atom is -0.439 e. The molecule has 3 aromatic heterocycles. The summed E-state index contributed by atoms with van der Waals surface area (Å²) in [5.74, 6) is 0.441. The standard InChI is InChI=1S/C24H21N3O3S/c28-20-13-21(27-11-2-1-3-12-27)30-22-19(15-31-23(20)22)16-6-8-18(9-7-16)26-24(29)17-5-4-10-25-14-17/h4-10,13-15H,1-3,11-12H2,(H,26,29). The van der Waals surface area contributed by atoms with Gasteiger partial charge >= 0.3 is 0 Å². The summed E-state index contributed by atoms with van der Waals surface area (Å²) in [6.45, 7) is 1.83. The molecule has 156 valence electrons. The van der Waals surface area contributed by atoms with Gasteiger partial charge in [-0.2, -0.15) is 0 Å². The number of anilines is 2. The molecule has 1 saturated heterocycles. The van der Waals surface area contributed by atoms with Crippen LogP contribution in [0.2, 0.25) is 0 Å². The molecule has 0 bridgehead atoms. The van der Waals surface area contributed by atoms with Gasteiger partial charge in [0, 0.05) is 48.2 Å². The Morgan fingerprint density at radius 2 is 1.90 bits per heavy atom. The summed E-state index contributed by atoms with van der Waals surface area (Å²) in [5, 5.41) is 4.83. The van der Waals surface area contributed by atoms with Gasteiger partial charge in [-0.1, -0.05) is 12.1 Å². The Labute approximate surface area is 183 Å². The van der Waals surface area contributed by atoms with Crippen molar-refractivity contribution in [3.05, 3.63) is 76.0 Å². The second-order valence-electron chi connectivity index (χ2n) is 7.58. The molecule has 7 heteroatoms. The lowest BCUT2D eigenvalue weighted by atomic mass is 10.1. The van der Waals surface area contributed by atoms with Gasteiger partial charge in [0.15, 0.2) is 11.5 Å². The lowest BCUT2D eigenvalue weighted by molar-refractivity contribution is 0.102. The number of aromatic nitrogens is 1. The van der Waals surface area contributed by atoms with E-state index in [4.69, 9.17) is 4.42 Å². The zero-order chi connectivity index (χ0) is 21.2. The molecule has 6 nitrogen and oxygen atoms in total. The van der Waals surface area contributed by atoms with E-state index in [1.54, 1.807) is 24.4 Å². The highest BCUT2D eigenvalue weighted by Gasteiger charge is 2.18. The van der Waals surface area contributed by atoms with Crippen LogP contribution in [0.15, 0.2) is 69.5 Å². The van der Waals surface area contributed by atoms with Crippen molar-refractivity contribution >= 4 is 39.1 Å². The van der Waals surface area contributed by atoms with E-state index < -0.39 is 0 Å². The van der Waals surface area contributed by atoms with Crippen molar-refractivity contribution in [1.29, 1.82) is 0 Å². The van der Waals surface area contributed by atoms with E-state index in [0.717, 1.165) is 37.1 Å². The number of amides is 1. The number of carbonyl (C=O) groups is 1. The van der Waals surface area contributed by atoms with Crippen molar-refractivity contribution < 1.29 is 9.21 Å². The average molecular weight is 432 g/mol. The topological polar surface area (TPSA) is 75.4 Å². The van der Waals surface area contributed by atoms with Gasteiger partial charge in [-0.05, 0) is 49.1 Å². The van der Waals surface area contributed by atoms with E-state index in [1.165, 1.54) is 24.0 Å². The number of hydrogen-bond donors (Lipinski definition) is 1. The first-order chi connectivity index (χ1) is 15.2. The third-order valence-corrected chi connectivity index (χ3v) is 6.45. The van der Waals surface area contributed by atoms with Gasteiger partial charge < -0.3 is 14.6 Å². The van der Waals surface area contributed by atoms with Gasteiger partial charge in [-0.25, -0.2) is 0 Å². The van der Waals surface area contributed by atoms with Crippen molar-refractivity contribution in [1.82, 2.24) is 4.98 Å². The number of rotatable bonds is 4. The van der Waals surface area contributed by atoms with E-state index in [1.807, 2.05) is 29.6 Å². The van der Waals surface area contributed by atoms with Gasteiger partial charge in [0.1, 0.15) is 4.70 Å². The molecule has 0 radical (unpaired) electrons. The van der Waals surface area contributed by atoms with Crippen LogP contribution >= 0.6 is 11.3 Å². The molecule has 0 spiro atoms. The van der Waals surface area contributed by atoms with E-state index in [2.05, 4.69) is 15.2 Å². The lowest BCUT2D eigenvalue weighted by Gasteiger charge is -2.26. The first kappa shape index (κ1) is 19.5. The maximum absolute atomic E-state index is 12.7. The number of nitrogens with zero attached hydrogens (tertiary/aromatic N) is 2. The van der Waals surface area contributed by atoms with Crippen LogP contribution in [-0.2, 0) is 0 Å². The molecular weight excluding hydrogens is 410 g/mol. The van der Waals surface area contributed by atoms with Crippen LogP contribution in [-0.4, -0.2) is 24.0 Å². The third kappa shape index (κ3) is 3.96. The number of piperidine rings is 1. The summed E-state index contributed by atoms with van der Waals surface area (Å²) in [4.78, 5) is 31.1. The quantitative estimate of drug-likeness (QED) is 0.483. The van der Waals surface area contributed by atoms with E-state index in [9.17, 15) is 9.59 Å². The van der Waals surface area contributed by atoms with Gasteiger partial charge in [0.25, 0.3) is 5.91 Å². The largest absolute Gasteiger partial charge is 0.439 e. The Kier molecular flexibility index (Phi) is 5.26. The maximum atomic E-state index is 12.7. The monoisotopic (exact) mass is 431 g/mol. The van der Waals surface area contributed by atoms with Crippen LogP contribution in [0.5, 0.6) is 0 Å². The molecule has 1 aromatic carbocycles. The fourth-order valence-corrected chi connectivity index (χ4v) is 4.75. The molecule has 0 aliphatic carbocycles. The number of fused-ring (bicyclic) bond motifs is 1. The molecule has 1 amide bonds. The highest BCUT2D eigenvalue weighted by Crippen LogP contribution is 2.35. The summed E-state index contributed by atoms with van der Waals surface area (Å²) in [7, 11) is 0. The number of hydrogen-bond acceptors (Lipinski definition) is 6. The zero-order valence-corrected chi connectivity index (χ0v) is 17.7. The smallest absolute Gasteiger partial charge is 0.257 e. The highest BCUT2D eigenvalue weighted by atomic mass is 32.1. The number of thiophene rings is 1. The molecule has 1 N–H and O–H groups in total. The Hall–Kier alpha value is -3.45. The average Bonchev–Trinajstić information content (AvgIpc) is 3.25. The van der Waals surface area contributed by atoms with Crippen LogP contribution in [0.1, 0.15) is 29.6 Å². The van der Waals surface area contributed by atoms with Crippen molar-refractivity contribution in [2.24, 2.45) is 0 Å². The van der Waals surface area contributed by atoms with Crippen LogP contribution < -0.4 is 15.6 Å². The lowest BCUT2D eigenvalue weighted by Crippen LogP contribution is -2.29. The molecule has 31 heavy (non-hydrogen) atoms. The summed E-state index contributed by atoms with van der Waals surface area (Å²) in [5.41, 5.74) is 3.64. The first-order valence-corrected chi connectivity index (χ1v) is 11.2. The first-order valence-electron chi connectivity index (χ1n) is 10.3. The SMILES string of the molecule is O=C(Nc1ccc(-c2csc3c(=O)cc(N4CCCCC4)oc23)cc1)c1cccnc1. The molecule has 0 saturated carbocycles. The van der Waals surface area contributed by atoms with E-state index >= 15 is 0 Å². The van der Waals surface area contributed by atoms with Gasteiger partial charge in [-0.3, -0.25) is 14.6 Å². The predicted molar refractivity (Wildman–Crippen MR) is 124 cm³/mol. The number of pyridine rings is 1. The molecule has 5 rings (SSSR count). The Balaban J connectivity index is 1.43. The number of nitrogens with one attached hydrogen (secondary N) is 1. The molecule has 0 unspecified atom stereocenters. The van der Waals surface area contributed by atoms with Gasteiger partial charge in [0.2, 0.25) is 5.43 Å². The predicted octanol–water partition coefficient (Wildman–Crippen LogP) is 5.16. The molecular formula is C24H21N3O3S.